The first-order valence-electron chi connectivity index (χ1n) is 5.97. The Kier molecular flexibility index (Phi) is 7.85. The second-order valence-corrected chi connectivity index (χ2v) is 6.49. The predicted molar refractivity (Wildman–Crippen MR) is 73.2 cm³/mol. The summed E-state index contributed by atoms with van der Waals surface area (Å²) < 4.78 is 0. The topological polar surface area (TPSA) is 70.1 Å². The number of nitrogens with one attached hydrogen (secondary N) is 1. The van der Waals surface area contributed by atoms with Gasteiger partial charge < -0.3 is 10.8 Å². The predicted octanol–water partition coefficient (Wildman–Crippen LogP) is 2.62. The number of thioether (sulfide) groups is 1. The molecule has 1 unspecified atom stereocenters. The van der Waals surface area contributed by atoms with Crippen LogP contribution in [0.3, 0.4) is 0 Å². The molecule has 0 heterocycles. The first kappa shape index (κ1) is 15.8. The Morgan fingerprint density at radius 2 is 2.06 bits per heavy atom. The Morgan fingerprint density at radius 3 is 2.56 bits per heavy atom. The Bertz CT molecular complexity index is 207. The lowest BCUT2D eigenvalue weighted by atomic mass is 9.86. The van der Waals surface area contributed by atoms with Gasteiger partial charge in [-0.2, -0.15) is 11.8 Å². The molecule has 0 aliphatic carbocycles. The zero-order valence-electron chi connectivity index (χ0n) is 10.8. The SMILES string of the molecule is CC(CCO)SCCCCC(C)(C)C(=N)N. The fraction of sp³-hybridized carbons (Fsp3) is 0.917. The number of aliphatic hydroxyl groups excluding tert-OH is 1. The molecule has 4 N–H and O–H groups in total. The van der Waals surface area contributed by atoms with Gasteiger partial charge >= 0.3 is 0 Å². The molecule has 0 amide bonds. The van der Waals surface area contributed by atoms with E-state index in [1.54, 1.807) is 0 Å². The highest BCUT2D eigenvalue weighted by molar-refractivity contribution is 7.99. The van der Waals surface area contributed by atoms with Crippen LogP contribution < -0.4 is 5.73 Å². The second-order valence-electron chi connectivity index (χ2n) is 4.95. The normalized spacial score (nSPS) is 13.8. The van der Waals surface area contributed by atoms with Crippen molar-refractivity contribution in [1.29, 1.82) is 5.41 Å². The van der Waals surface area contributed by atoms with Crippen molar-refractivity contribution in [2.45, 2.75) is 51.7 Å². The van der Waals surface area contributed by atoms with Crippen LogP contribution in [0, 0.1) is 10.8 Å². The maximum absolute atomic E-state index is 8.76. The van der Waals surface area contributed by atoms with Gasteiger partial charge in [0, 0.05) is 17.3 Å². The minimum atomic E-state index is -0.151. The average molecular weight is 246 g/mol. The van der Waals surface area contributed by atoms with Crippen molar-refractivity contribution < 1.29 is 5.11 Å². The van der Waals surface area contributed by atoms with Gasteiger partial charge in [-0.1, -0.05) is 27.2 Å². The van der Waals surface area contributed by atoms with Crippen molar-refractivity contribution in [2.75, 3.05) is 12.4 Å². The smallest absolute Gasteiger partial charge is 0.0963 e. The first-order valence-corrected chi connectivity index (χ1v) is 7.02. The van der Waals surface area contributed by atoms with E-state index in [-0.39, 0.29) is 17.9 Å². The van der Waals surface area contributed by atoms with Crippen molar-refractivity contribution >= 4 is 17.6 Å². The third-order valence-electron chi connectivity index (χ3n) is 2.86. The molecular formula is C12H26N2OS. The van der Waals surface area contributed by atoms with Crippen molar-refractivity contribution in [3.8, 4) is 0 Å². The number of nitrogens with two attached hydrogens (primary N) is 1. The number of hydrogen-bond acceptors (Lipinski definition) is 3. The number of aliphatic hydroxyl groups is 1. The van der Waals surface area contributed by atoms with Gasteiger partial charge in [-0.05, 0) is 25.0 Å². The Morgan fingerprint density at radius 1 is 1.44 bits per heavy atom. The molecule has 1 atom stereocenters. The molecule has 0 aliphatic heterocycles. The van der Waals surface area contributed by atoms with Crippen molar-refractivity contribution in [2.24, 2.45) is 11.1 Å². The summed E-state index contributed by atoms with van der Waals surface area (Å²) in [6.45, 7) is 6.49. The third-order valence-corrected chi connectivity index (χ3v) is 4.19. The van der Waals surface area contributed by atoms with Crippen LogP contribution in [0.1, 0.15) is 46.5 Å². The molecule has 0 radical (unpaired) electrons. The van der Waals surface area contributed by atoms with E-state index in [1.807, 2.05) is 25.6 Å². The summed E-state index contributed by atoms with van der Waals surface area (Å²) in [5, 5.41) is 16.7. The van der Waals surface area contributed by atoms with Crippen LogP contribution in [-0.2, 0) is 0 Å². The molecular weight excluding hydrogens is 220 g/mol. The minimum Gasteiger partial charge on any atom is -0.396 e. The zero-order chi connectivity index (χ0) is 12.6. The lowest BCUT2D eigenvalue weighted by molar-refractivity contribution is 0.289. The number of amidine groups is 1. The molecule has 0 aromatic carbocycles. The minimum absolute atomic E-state index is 0.151. The van der Waals surface area contributed by atoms with Crippen LogP contribution in [0.25, 0.3) is 0 Å². The van der Waals surface area contributed by atoms with Gasteiger partial charge in [0.15, 0.2) is 0 Å². The molecule has 4 heteroatoms. The molecule has 0 aliphatic rings. The molecule has 16 heavy (non-hydrogen) atoms. The van der Waals surface area contributed by atoms with Crippen LogP contribution in [0.15, 0.2) is 0 Å². The standard InChI is InChI=1S/C12H26N2OS/c1-10(6-8-15)16-9-5-4-7-12(2,3)11(13)14/h10,15H,4-9H2,1-3H3,(H3,13,14). The van der Waals surface area contributed by atoms with Gasteiger partial charge in [0.2, 0.25) is 0 Å². The van der Waals surface area contributed by atoms with E-state index >= 15 is 0 Å². The van der Waals surface area contributed by atoms with Crippen LogP contribution in [0.5, 0.6) is 0 Å². The summed E-state index contributed by atoms with van der Waals surface area (Å²) in [6.07, 6.45) is 4.14. The van der Waals surface area contributed by atoms with E-state index in [0.29, 0.717) is 5.25 Å². The highest BCUT2D eigenvalue weighted by atomic mass is 32.2. The fourth-order valence-corrected chi connectivity index (χ4v) is 2.40. The molecule has 96 valence electrons. The lowest BCUT2D eigenvalue weighted by Crippen LogP contribution is -2.30. The molecule has 0 aromatic heterocycles. The van der Waals surface area contributed by atoms with Crippen LogP contribution >= 0.6 is 11.8 Å². The molecule has 0 fully saturated rings. The van der Waals surface area contributed by atoms with Gasteiger partial charge in [0.1, 0.15) is 0 Å². The Labute approximate surface area is 104 Å². The van der Waals surface area contributed by atoms with E-state index in [0.717, 1.165) is 31.4 Å². The summed E-state index contributed by atoms with van der Waals surface area (Å²) in [4.78, 5) is 0. The molecule has 3 nitrogen and oxygen atoms in total. The lowest BCUT2D eigenvalue weighted by Gasteiger charge is -2.22. The maximum Gasteiger partial charge on any atom is 0.0963 e. The number of unbranched alkanes of at least 4 members (excludes halogenated alkanes) is 1. The third kappa shape index (κ3) is 7.12. The maximum atomic E-state index is 8.76. The highest BCUT2D eigenvalue weighted by Crippen LogP contribution is 2.24. The second kappa shape index (κ2) is 7.96. The molecule has 0 spiro atoms. The van der Waals surface area contributed by atoms with Gasteiger partial charge in [-0.15, -0.1) is 0 Å². The monoisotopic (exact) mass is 246 g/mol. The molecule has 0 aromatic rings. The van der Waals surface area contributed by atoms with E-state index in [9.17, 15) is 0 Å². The van der Waals surface area contributed by atoms with E-state index in [2.05, 4.69) is 6.92 Å². The summed E-state index contributed by atoms with van der Waals surface area (Å²) in [7, 11) is 0. The average Bonchev–Trinajstić information content (AvgIpc) is 2.17. The summed E-state index contributed by atoms with van der Waals surface area (Å²) >= 11 is 1.92. The van der Waals surface area contributed by atoms with Crippen LogP contribution in [0.2, 0.25) is 0 Å². The Hall–Kier alpha value is -0.220. The van der Waals surface area contributed by atoms with Gasteiger partial charge in [-0.3, -0.25) is 5.41 Å². The van der Waals surface area contributed by atoms with Gasteiger partial charge in [-0.25, -0.2) is 0 Å². The highest BCUT2D eigenvalue weighted by Gasteiger charge is 2.20. The number of hydrogen-bond donors (Lipinski definition) is 3. The van der Waals surface area contributed by atoms with E-state index in [4.69, 9.17) is 16.2 Å². The van der Waals surface area contributed by atoms with Crippen molar-refractivity contribution in [3.05, 3.63) is 0 Å². The quantitative estimate of drug-likeness (QED) is 0.333. The Balaban J connectivity index is 3.50. The molecule has 0 saturated carbocycles. The van der Waals surface area contributed by atoms with E-state index < -0.39 is 0 Å². The summed E-state index contributed by atoms with van der Waals surface area (Å²) in [5.41, 5.74) is 5.37. The van der Waals surface area contributed by atoms with Crippen molar-refractivity contribution in [3.63, 3.8) is 0 Å². The van der Waals surface area contributed by atoms with Crippen LogP contribution in [-0.4, -0.2) is 28.6 Å². The summed E-state index contributed by atoms with van der Waals surface area (Å²) in [6, 6.07) is 0. The zero-order valence-corrected chi connectivity index (χ0v) is 11.6. The first-order chi connectivity index (χ1) is 7.40. The molecule has 0 bridgehead atoms. The number of rotatable bonds is 9. The fourth-order valence-electron chi connectivity index (χ4n) is 1.35. The van der Waals surface area contributed by atoms with E-state index in [1.165, 1.54) is 0 Å². The molecule has 0 saturated heterocycles. The van der Waals surface area contributed by atoms with Gasteiger partial charge in [0.25, 0.3) is 0 Å². The largest absolute Gasteiger partial charge is 0.396 e. The molecule has 0 rings (SSSR count). The summed E-state index contributed by atoms with van der Waals surface area (Å²) in [5.74, 6) is 1.42. The van der Waals surface area contributed by atoms with Gasteiger partial charge in [0.05, 0.1) is 5.84 Å². The van der Waals surface area contributed by atoms with Crippen LogP contribution in [0.4, 0.5) is 0 Å². The van der Waals surface area contributed by atoms with Crippen molar-refractivity contribution in [1.82, 2.24) is 0 Å².